The van der Waals surface area contributed by atoms with E-state index in [0.717, 1.165) is 24.8 Å². The first kappa shape index (κ1) is 11.7. The van der Waals surface area contributed by atoms with Crippen molar-refractivity contribution in [2.45, 2.75) is 32.2 Å². The largest absolute Gasteiger partial charge is 0.339 e. The van der Waals surface area contributed by atoms with Crippen molar-refractivity contribution in [2.24, 2.45) is 5.73 Å². The highest BCUT2D eigenvalue weighted by molar-refractivity contribution is 5.51. The van der Waals surface area contributed by atoms with Crippen molar-refractivity contribution in [3.05, 3.63) is 30.4 Å². The molecule has 0 radical (unpaired) electrons. The summed E-state index contributed by atoms with van der Waals surface area (Å²) in [7, 11) is 0. The summed E-state index contributed by atoms with van der Waals surface area (Å²) in [5, 5.41) is 3.93. The third-order valence-corrected chi connectivity index (χ3v) is 2.44. The second-order valence-corrected chi connectivity index (χ2v) is 4.12. The van der Waals surface area contributed by atoms with Crippen LogP contribution in [0.2, 0.25) is 0 Å². The Hall–Kier alpha value is -1.75. The molecule has 0 saturated heterocycles. The van der Waals surface area contributed by atoms with Crippen LogP contribution < -0.4 is 5.73 Å². The minimum absolute atomic E-state index is 0.218. The van der Waals surface area contributed by atoms with Gasteiger partial charge in [-0.25, -0.2) is 0 Å². The summed E-state index contributed by atoms with van der Waals surface area (Å²) in [5.74, 6) is 1.25. The first-order valence-corrected chi connectivity index (χ1v) is 5.74. The number of aromatic nitrogens is 3. The molecule has 0 spiro atoms. The highest BCUT2D eigenvalue weighted by atomic mass is 16.5. The average molecular weight is 232 g/mol. The Balaban J connectivity index is 1.97. The maximum absolute atomic E-state index is 5.68. The molecule has 0 fully saturated rings. The first-order chi connectivity index (χ1) is 8.25. The minimum Gasteiger partial charge on any atom is -0.339 e. The predicted octanol–water partition coefficient (Wildman–Crippen LogP) is 1.80. The smallest absolute Gasteiger partial charge is 0.226 e. The van der Waals surface area contributed by atoms with Crippen molar-refractivity contribution < 1.29 is 4.52 Å². The van der Waals surface area contributed by atoms with Crippen molar-refractivity contribution in [1.82, 2.24) is 15.1 Å². The zero-order valence-electron chi connectivity index (χ0n) is 9.84. The van der Waals surface area contributed by atoms with E-state index < -0.39 is 0 Å². The third-order valence-electron chi connectivity index (χ3n) is 2.44. The fourth-order valence-corrected chi connectivity index (χ4v) is 1.54. The highest BCUT2D eigenvalue weighted by Gasteiger charge is 2.08. The second-order valence-electron chi connectivity index (χ2n) is 4.12. The van der Waals surface area contributed by atoms with Crippen LogP contribution >= 0.6 is 0 Å². The zero-order chi connectivity index (χ0) is 12.1. The van der Waals surface area contributed by atoms with E-state index in [1.54, 1.807) is 12.4 Å². The summed E-state index contributed by atoms with van der Waals surface area (Å²) in [6, 6.07) is 3.97. The highest BCUT2D eigenvalue weighted by Crippen LogP contribution is 2.14. The lowest BCUT2D eigenvalue weighted by molar-refractivity contribution is 0.373. The van der Waals surface area contributed by atoms with E-state index in [2.05, 4.69) is 15.1 Å². The summed E-state index contributed by atoms with van der Waals surface area (Å²) >= 11 is 0. The molecule has 2 aromatic heterocycles. The molecule has 2 rings (SSSR count). The Morgan fingerprint density at radius 3 is 3.06 bits per heavy atom. The van der Waals surface area contributed by atoms with Gasteiger partial charge in [0.25, 0.3) is 0 Å². The van der Waals surface area contributed by atoms with Gasteiger partial charge >= 0.3 is 0 Å². The quantitative estimate of drug-likeness (QED) is 0.850. The summed E-state index contributed by atoms with van der Waals surface area (Å²) in [4.78, 5) is 8.34. The average Bonchev–Trinajstić information content (AvgIpc) is 2.78. The minimum atomic E-state index is 0.218. The van der Waals surface area contributed by atoms with E-state index in [1.807, 2.05) is 19.1 Å². The zero-order valence-corrected chi connectivity index (χ0v) is 9.84. The monoisotopic (exact) mass is 232 g/mol. The van der Waals surface area contributed by atoms with Crippen LogP contribution in [0.5, 0.6) is 0 Å². The van der Waals surface area contributed by atoms with Gasteiger partial charge < -0.3 is 10.3 Å². The summed E-state index contributed by atoms with van der Waals surface area (Å²) in [6.07, 6.45) is 6.13. The lowest BCUT2D eigenvalue weighted by Gasteiger charge is -2.00. The lowest BCUT2D eigenvalue weighted by atomic mass is 10.1. The Bertz CT molecular complexity index is 453. The number of nitrogens with zero attached hydrogens (tertiary/aromatic N) is 3. The topological polar surface area (TPSA) is 77.8 Å². The molecule has 1 atom stereocenters. The van der Waals surface area contributed by atoms with Gasteiger partial charge in [-0.05, 0) is 31.9 Å². The van der Waals surface area contributed by atoms with Gasteiger partial charge in [-0.15, -0.1) is 0 Å². The number of rotatable bonds is 5. The van der Waals surface area contributed by atoms with E-state index in [4.69, 9.17) is 10.3 Å². The molecule has 0 aliphatic heterocycles. The molecular formula is C12H16N4O. The number of nitrogens with two attached hydrogens (primary N) is 1. The van der Waals surface area contributed by atoms with E-state index in [0.29, 0.717) is 11.7 Å². The summed E-state index contributed by atoms with van der Waals surface area (Å²) < 4.78 is 5.17. The molecule has 0 aliphatic rings. The van der Waals surface area contributed by atoms with E-state index in [9.17, 15) is 0 Å². The first-order valence-electron chi connectivity index (χ1n) is 5.74. The van der Waals surface area contributed by atoms with Crippen molar-refractivity contribution in [1.29, 1.82) is 0 Å². The molecular weight excluding hydrogens is 216 g/mol. The van der Waals surface area contributed by atoms with Gasteiger partial charge in [0.05, 0.1) is 0 Å². The second kappa shape index (κ2) is 5.54. The summed E-state index contributed by atoms with van der Waals surface area (Å²) in [5.41, 5.74) is 6.55. The fourth-order valence-electron chi connectivity index (χ4n) is 1.54. The van der Waals surface area contributed by atoms with Crippen LogP contribution in [-0.4, -0.2) is 21.2 Å². The Labute approximate surface area is 100 Å². The normalized spacial score (nSPS) is 12.6. The van der Waals surface area contributed by atoms with Crippen LogP contribution in [0, 0.1) is 0 Å². The van der Waals surface area contributed by atoms with E-state index >= 15 is 0 Å². The molecule has 2 heterocycles. The van der Waals surface area contributed by atoms with Crippen LogP contribution in [0.25, 0.3) is 11.4 Å². The van der Waals surface area contributed by atoms with Crippen LogP contribution in [-0.2, 0) is 6.42 Å². The molecule has 2 N–H and O–H groups in total. The molecule has 5 heteroatoms. The molecule has 0 aliphatic carbocycles. The van der Waals surface area contributed by atoms with Crippen LogP contribution in [0.4, 0.5) is 0 Å². The van der Waals surface area contributed by atoms with Gasteiger partial charge in [-0.3, -0.25) is 4.98 Å². The van der Waals surface area contributed by atoms with E-state index in [-0.39, 0.29) is 6.04 Å². The Morgan fingerprint density at radius 1 is 1.47 bits per heavy atom. The maximum atomic E-state index is 5.68. The standard InChI is InChI=1S/C12H16N4O/c1-9(13)4-2-6-11-15-12(16-17-11)10-5-3-7-14-8-10/h3,5,7-9H,2,4,6,13H2,1H3. The molecule has 0 bridgehead atoms. The Kier molecular flexibility index (Phi) is 3.82. The van der Waals surface area contributed by atoms with Crippen LogP contribution in [0.15, 0.2) is 29.0 Å². The van der Waals surface area contributed by atoms with Crippen molar-refractivity contribution in [2.75, 3.05) is 0 Å². The lowest BCUT2D eigenvalue weighted by Crippen LogP contribution is -2.14. The molecule has 90 valence electrons. The molecule has 0 saturated carbocycles. The molecule has 17 heavy (non-hydrogen) atoms. The Morgan fingerprint density at radius 2 is 2.35 bits per heavy atom. The van der Waals surface area contributed by atoms with Gasteiger partial charge in [0, 0.05) is 30.4 Å². The number of aryl methyl sites for hydroxylation is 1. The SMILES string of the molecule is CC(N)CCCc1nc(-c2cccnc2)no1. The van der Waals surface area contributed by atoms with Gasteiger partial charge in [-0.2, -0.15) is 4.98 Å². The molecule has 0 amide bonds. The van der Waals surface area contributed by atoms with E-state index in [1.165, 1.54) is 0 Å². The van der Waals surface area contributed by atoms with Gasteiger partial charge in [0.1, 0.15) is 0 Å². The van der Waals surface area contributed by atoms with Crippen LogP contribution in [0.1, 0.15) is 25.7 Å². The van der Waals surface area contributed by atoms with Crippen molar-refractivity contribution in [3.8, 4) is 11.4 Å². The maximum Gasteiger partial charge on any atom is 0.226 e. The molecule has 0 aromatic carbocycles. The molecule has 1 unspecified atom stereocenters. The van der Waals surface area contributed by atoms with Crippen molar-refractivity contribution >= 4 is 0 Å². The van der Waals surface area contributed by atoms with Crippen LogP contribution in [0.3, 0.4) is 0 Å². The van der Waals surface area contributed by atoms with Gasteiger partial charge in [0.2, 0.25) is 11.7 Å². The van der Waals surface area contributed by atoms with Crippen molar-refractivity contribution in [3.63, 3.8) is 0 Å². The van der Waals surface area contributed by atoms with Gasteiger partial charge in [-0.1, -0.05) is 5.16 Å². The molecule has 2 aromatic rings. The molecule has 5 nitrogen and oxygen atoms in total. The number of hydrogen-bond acceptors (Lipinski definition) is 5. The third kappa shape index (κ3) is 3.35. The predicted molar refractivity (Wildman–Crippen MR) is 64.1 cm³/mol. The van der Waals surface area contributed by atoms with Gasteiger partial charge in [0.15, 0.2) is 0 Å². The number of hydrogen-bond donors (Lipinski definition) is 1. The fraction of sp³-hybridized carbons (Fsp3) is 0.417. The summed E-state index contributed by atoms with van der Waals surface area (Å²) in [6.45, 7) is 1.99. The number of pyridine rings is 1.